The summed E-state index contributed by atoms with van der Waals surface area (Å²) in [6, 6.07) is 0.825. The number of piperazine rings is 1. The first-order valence-corrected chi connectivity index (χ1v) is 7.24. The monoisotopic (exact) mass is 254 g/mol. The molecular weight excluding hydrogens is 228 g/mol. The van der Waals surface area contributed by atoms with Crippen LogP contribution in [0.4, 0.5) is 0 Å². The lowest BCUT2D eigenvalue weighted by atomic mass is 9.79. The number of hydrogen-bond acceptors (Lipinski definition) is 3. The van der Waals surface area contributed by atoms with E-state index in [1.165, 1.54) is 0 Å². The molecule has 1 aliphatic carbocycles. The predicted molar refractivity (Wildman–Crippen MR) is 71.4 cm³/mol. The van der Waals surface area contributed by atoms with Gasteiger partial charge in [0.1, 0.15) is 0 Å². The molecule has 2 unspecified atom stereocenters. The van der Waals surface area contributed by atoms with Crippen LogP contribution in [0.3, 0.4) is 0 Å². The Balaban J connectivity index is 1.72. The van der Waals surface area contributed by atoms with Crippen molar-refractivity contribution >= 4 is 5.91 Å². The second-order valence-corrected chi connectivity index (χ2v) is 5.89. The van der Waals surface area contributed by atoms with Crippen LogP contribution in [0.1, 0.15) is 40.0 Å². The van der Waals surface area contributed by atoms with Crippen LogP contribution in [0.2, 0.25) is 0 Å². The highest BCUT2D eigenvalue weighted by atomic mass is 16.5. The summed E-state index contributed by atoms with van der Waals surface area (Å²) in [5.41, 5.74) is 0. The van der Waals surface area contributed by atoms with Gasteiger partial charge >= 0.3 is 0 Å². The number of nitrogens with zero attached hydrogens (tertiary/aromatic N) is 1. The molecule has 2 fully saturated rings. The van der Waals surface area contributed by atoms with Gasteiger partial charge in [0.2, 0.25) is 5.91 Å². The van der Waals surface area contributed by atoms with Crippen LogP contribution in [0, 0.1) is 5.92 Å². The molecule has 0 bridgehead atoms. The van der Waals surface area contributed by atoms with Crippen LogP contribution in [0.5, 0.6) is 0 Å². The Morgan fingerprint density at radius 2 is 1.89 bits per heavy atom. The molecule has 0 aromatic heterocycles. The molecule has 1 amide bonds. The molecule has 1 saturated carbocycles. The lowest BCUT2D eigenvalue weighted by Gasteiger charge is -2.39. The van der Waals surface area contributed by atoms with Crippen LogP contribution in [-0.2, 0) is 9.53 Å². The third-order valence-electron chi connectivity index (χ3n) is 3.97. The van der Waals surface area contributed by atoms with E-state index in [1.54, 1.807) is 0 Å². The van der Waals surface area contributed by atoms with Gasteiger partial charge in [0.05, 0.1) is 6.10 Å². The van der Waals surface area contributed by atoms with E-state index in [2.05, 4.69) is 19.2 Å². The summed E-state index contributed by atoms with van der Waals surface area (Å²) in [5.74, 6) is 0.879. The maximum absolute atomic E-state index is 12.2. The smallest absolute Gasteiger partial charge is 0.222 e. The Kier molecular flexibility index (Phi) is 4.62. The number of hydrogen-bond donors (Lipinski definition) is 1. The van der Waals surface area contributed by atoms with Gasteiger partial charge < -0.3 is 15.0 Å². The predicted octanol–water partition coefficient (Wildman–Crippen LogP) is 1.40. The number of carbonyl (C=O) groups excluding carboxylic acids is 1. The van der Waals surface area contributed by atoms with Crippen molar-refractivity contribution in [1.29, 1.82) is 0 Å². The summed E-state index contributed by atoms with van der Waals surface area (Å²) in [7, 11) is 0. The van der Waals surface area contributed by atoms with Crippen LogP contribution in [0.15, 0.2) is 0 Å². The Labute approximate surface area is 110 Å². The minimum atomic E-state index is 0.329. The zero-order valence-electron chi connectivity index (χ0n) is 11.8. The summed E-state index contributed by atoms with van der Waals surface area (Å²) >= 11 is 0. The number of ether oxygens (including phenoxy) is 1. The molecular formula is C14H26N2O2. The van der Waals surface area contributed by atoms with Crippen molar-refractivity contribution in [2.24, 2.45) is 5.92 Å². The lowest BCUT2D eigenvalue weighted by molar-refractivity contribution is -0.136. The summed E-state index contributed by atoms with van der Waals surface area (Å²) < 4.78 is 5.53. The topological polar surface area (TPSA) is 41.6 Å². The zero-order chi connectivity index (χ0) is 13.1. The number of nitrogens with one attached hydrogen (secondary N) is 1. The summed E-state index contributed by atoms with van der Waals surface area (Å²) in [5, 5.41) is 3.46. The molecule has 2 rings (SSSR count). The van der Waals surface area contributed by atoms with Crippen molar-refractivity contribution in [3.05, 3.63) is 0 Å². The molecule has 1 heterocycles. The molecule has 0 radical (unpaired) electrons. The van der Waals surface area contributed by atoms with Crippen molar-refractivity contribution in [3.8, 4) is 0 Å². The van der Waals surface area contributed by atoms with Gasteiger partial charge in [-0.2, -0.15) is 0 Å². The summed E-state index contributed by atoms with van der Waals surface area (Å²) in [6.07, 6.45) is 3.25. The summed E-state index contributed by atoms with van der Waals surface area (Å²) in [4.78, 5) is 14.2. The van der Waals surface area contributed by atoms with Gasteiger partial charge in [-0.3, -0.25) is 4.79 Å². The molecule has 0 aromatic carbocycles. The molecule has 0 spiro atoms. The SMILES string of the molecule is CCOC1CC(CC(=O)N2CC(C)NC(C)C2)C1. The second-order valence-electron chi connectivity index (χ2n) is 5.89. The molecule has 1 N–H and O–H groups in total. The Morgan fingerprint density at radius 1 is 1.28 bits per heavy atom. The third kappa shape index (κ3) is 3.45. The normalized spacial score (nSPS) is 36.3. The van der Waals surface area contributed by atoms with E-state index in [0.717, 1.165) is 32.5 Å². The quantitative estimate of drug-likeness (QED) is 0.824. The Morgan fingerprint density at radius 3 is 2.44 bits per heavy atom. The van der Waals surface area contributed by atoms with Crippen LogP contribution in [0.25, 0.3) is 0 Å². The van der Waals surface area contributed by atoms with E-state index in [9.17, 15) is 4.79 Å². The zero-order valence-corrected chi connectivity index (χ0v) is 11.8. The Bertz CT molecular complexity index is 280. The number of carbonyl (C=O) groups is 1. The summed E-state index contributed by atoms with van der Waals surface area (Å²) in [6.45, 7) is 8.81. The molecule has 4 nitrogen and oxygen atoms in total. The van der Waals surface area contributed by atoms with Gasteiger partial charge in [-0.15, -0.1) is 0 Å². The first-order chi connectivity index (χ1) is 8.58. The van der Waals surface area contributed by atoms with Crippen molar-refractivity contribution < 1.29 is 9.53 Å². The van der Waals surface area contributed by atoms with Gasteiger partial charge in [0.25, 0.3) is 0 Å². The molecule has 0 aromatic rings. The second kappa shape index (κ2) is 6.02. The fraction of sp³-hybridized carbons (Fsp3) is 0.929. The van der Waals surface area contributed by atoms with E-state index in [-0.39, 0.29) is 0 Å². The highest BCUT2D eigenvalue weighted by Crippen LogP contribution is 2.33. The van der Waals surface area contributed by atoms with E-state index in [0.29, 0.717) is 36.4 Å². The van der Waals surface area contributed by atoms with Gasteiger partial charge in [0.15, 0.2) is 0 Å². The van der Waals surface area contributed by atoms with Crippen LogP contribution in [-0.4, -0.2) is 48.7 Å². The fourth-order valence-corrected chi connectivity index (χ4v) is 3.12. The average molecular weight is 254 g/mol. The lowest BCUT2D eigenvalue weighted by Crippen LogP contribution is -2.56. The molecule has 1 aliphatic heterocycles. The van der Waals surface area contributed by atoms with Crippen molar-refractivity contribution in [3.63, 3.8) is 0 Å². The van der Waals surface area contributed by atoms with E-state index >= 15 is 0 Å². The first kappa shape index (κ1) is 13.8. The molecule has 2 atom stereocenters. The maximum atomic E-state index is 12.2. The average Bonchev–Trinajstić information content (AvgIpc) is 2.24. The van der Waals surface area contributed by atoms with Crippen LogP contribution >= 0.6 is 0 Å². The minimum absolute atomic E-state index is 0.329. The standard InChI is InChI=1S/C14H26N2O2/c1-4-18-13-5-12(6-13)7-14(17)16-8-10(2)15-11(3)9-16/h10-13,15H,4-9H2,1-3H3. The molecule has 4 heteroatoms. The Hall–Kier alpha value is -0.610. The van der Waals surface area contributed by atoms with E-state index in [1.807, 2.05) is 11.8 Å². The van der Waals surface area contributed by atoms with Gasteiger partial charge in [-0.1, -0.05) is 0 Å². The van der Waals surface area contributed by atoms with Crippen molar-refractivity contribution in [2.45, 2.75) is 58.2 Å². The molecule has 1 saturated heterocycles. The van der Waals surface area contributed by atoms with E-state index < -0.39 is 0 Å². The van der Waals surface area contributed by atoms with Crippen molar-refractivity contribution in [2.75, 3.05) is 19.7 Å². The molecule has 18 heavy (non-hydrogen) atoms. The molecule has 2 aliphatic rings. The largest absolute Gasteiger partial charge is 0.378 e. The maximum Gasteiger partial charge on any atom is 0.222 e. The first-order valence-electron chi connectivity index (χ1n) is 7.24. The van der Waals surface area contributed by atoms with Crippen LogP contribution < -0.4 is 5.32 Å². The number of amides is 1. The third-order valence-corrected chi connectivity index (χ3v) is 3.97. The number of rotatable bonds is 4. The molecule has 104 valence electrons. The minimum Gasteiger partial charge on any atom is -0.378 e. The van der Waals surface area contributed by atoms with Gasteiger partial charge in [-0.25, -0.2) is 0 Å². The van der Waals surface area contributed by atoms with Crippen molar-refractivity contribution in [1.82, 2.24) is 10.2 Å². The van der Waals surface area contributed by atoms with Gasteiger partial charge in [-0.05, 0) is 39.5 Å². The highest BCUT2D eigenvalue weighted by molar-refractivity contribution is 5.76. The van der Waals surface area contributed by atoms with E-state index in [4.69, 9.17) is 4.74 Å². The van der Waals surface area contributed by atoms with Gasteiger partial charge in [0, 0.05) is 38.2 Å². The highest BCUT2D eigenvalue weighted by Gasteiger charge is 2.33. The fourth-order valence-electron chi connectivity index (χ4n) is 3.12.